The molecule has 5 nitrogen and oxygen atoms in total. The minimum Gasteiger partial charge on any atom is -0.444 e. The summed E-state index contributed by atoms with van der Waals surface area (Å²) in [6.07, 6.45) is -2.51. The summed E-state index contributed by atoms with van der Waals surface area (Å²) >= 11 is 5.75. The number of hydrogen-bond acceptors (Lipinski definition) is 4. The third-order valence-corrected chi connectivity index (χ3v) is 5.54. The van der Waals surface area contributed by atoms with Crippen molar-refractivity contribution < 1.29 is 26.0 Å². The summed E-state index contributed by atoms with van der Waals surface area (Å²) in [6.45, 7) is 1.69. The first-order valence-electron chi connectivity index (χ1n) is 6.82. The molecular formula is C14H14ClF3N2O3S. The number of aromatic nitrogens is 1. The third kappa shape index (κ3) is 3.90. The van der Waals surface area contributed by atoms with Crippen LogP contribution in [0.2, 0.25) is 5.02 Å². The number of halogens is 4. The highest BCUT2D eigenvalue weighted by Crippen LogP contribution is 2.34. The minimum absolute atomic E-state index is 0.167. The normalized spacial score (nSPS) is 12.8. The second-order valence-electron chi connectivity index (χ2n) is 4.98. The number of hydrogen-bond donors (Lipinski definition) is 0. The predicted octanol–water partition coefficient (Wildman–Crippen LogP) is 3.73. The van der Waals surface area contributed by atoms with Crippen molar-refractivity contribution >= 4 is 21.6 Å². The molecule has 0 aliphatic rings. The molecule has 2 aromatic rings. The molecule has 1 aromatic carbocycles. The average molecular weight is 383 g/mol. The molecule has 0 spiro atoms. The van der Waals surface area contributed by atoms with Crippen molar-refractivity contribution in [3.63, 3.8) is 0 Å². The molecule has 0 atom stereocenters. The molecule has 10 heteroatoms. The summed E-state index contributed by atoms with van der Waals surface area (Å²) in [5.74, 6) is 0.782. The molecule has 0 fully saturated rings. The molecule has 0 aliphatic carbocycles. The van der Waals surface area contributed by atoms with Gasteiger partial charge in [0.2, 0.25) is 15.9 Å². The molecule has 24 heavy (non-hydrogen) atoms. The van der Waals surface area contributed by atoms with Crippen LogP contribution in [-0.4, -0.2) is 24.8 Å². The number of oxazole rings is 1. The SMILES string of the molecule is CCc1cnc(CN(C)S(=O)(=O)c2ccc(C(F)(F)F)cc2Cl)o1. The molecule has 132 valence electrons. The van der Waals surface area contributed by atoms with Gasteiger partial charge in [0.05, 0.1) is 23.3 Å². The number of benzene rings is 1. The van der Waals surface area contributed by atoms with Gasteiger partial charge in [-0.1, -0.05) is 18.5 Å². The van der Waals surface area contributed by atoms with E-state index in [1.807, 2.05) is 6.92 Å². The van der Waals surface area contributed by atoms with Gasteiger partial charge >= 0.3 is 6.18 Å². The lowest BCUT2D eigenvalue weighted by molar-refractivity contribution is -0.137. The number of alkyl halides is 3. The van der Waals surface area contributed by atoms with Crippen LogP contribution in [0.4, 0.5) is 13.2 Å². The maximum Gasteiger partial charge on any atom is 0.416 e. The summed E-state index contributed by atoms with van der Waals surface area (Å²) in [7, 11) is -2.83. The van der Waals surface area contributed by atoms with Crippen LogP contribution in [0.5, 0.6) is 0 Å². The smallest absolute Gasteiger partial charge is 0.416 e. The minimum atomic E-state index is -4.60. The zero-order valence-electron chi connectivity index (χ0n) is 12.8. The Hall–Kier alpha value is -1.58. The molecular weight excluding hydrogens is 369 g/mol. The lowest BCUT2D eigenvalue weighted by Gasteiger charge is -2.17. The molecule has 0 radical (unpaired) electrons. The van der Waals surface area contributed by atoms with Crippen molar-refractivity contribution in [1.29, 1.82) is 0 Å². The van der Waals surface area contributed by atoms with Crippen LogP contribution in [0, 0.1) is 0 Å². The van der Waals surface area contributed by atoms with E-state index in [-0.39, 0.29) is 12.4 Å². The lowest BCUT2D eigenvalue weighted by Crippen LogP contribution is -2.27. The van der Waals surface area contributed by atoms with E-state index in [0.29, 0.717) is 24.3 Å². The third-order valence-electron chi connectivity index (χ3n) is 3.26. The Morgan fingerprint density at radius 3 is 2.50 bits per heavy atom. The topological polar surface area (TPSA) is 63.4 Å². The fraction of sp³-hybridized carbons (Fsp3) is 0.357. The predicted molar refractivity (Wildman–Crippen MR) is 81.0 cm³/mol. The van der Waals surface area contributed by atoms with Gasteiger partial charge in [-0.15, -0.1) is 0 Å². The molecule has 0 aliphatic heterocycles. The Morgan fingerprint density at radius 2 is 2.00 bits per heavy atom. The van der Waals surface area contributed by atoms with Gasteiger partial charge in [-0.05, 0) is 18.2 Å². The van der Waals surface area contributed by atoms with Crippen LogP contribution >= 0.6 is 11.6 Å². The molecule has 0 saturated heterocycles. The summed E-state index contributed by atoms with van der Waals surface area (Å²) in [6, 6.07) is 2.10. The van der Waals surface area contributed by atoms with Gasteiger partial charge in [0.1, 0.15) is 10.7 Å². The molecule has 1 aromatic heterocycles. The van der Waals surface area contributed by atoms with Gasteiger partial charge < -0.3 is 4.42 Å². The number of nitrogens with zero attached hydrogens (tertiary/aromatic N) is 2. The number of sulfonamides is 1. The summed E-state index contributed by atoms with van der Waals surface area (Å²) in [5.41, 5.74) is -1.02. The van der Waals surface area contributed by atoms with Crippen LogP contribution in [0.15, 0.2) is 33.7 Å². The van der Waals surface area contributed by atoms with E-state index in [0.717, 1.165) is 10.4 Å². The molecule has 0 bridgehead atoms. The van der Waals surface area contributed by atoms with Gasteiger partial charge in [-0.3, -0.25) is 0 Å². The summed E-state index contributed by atoms with van der Waals surface area (Å²) in [5, 5.41) is -0.502. The number of aryl methyl sites for hydroxylation is 1. The molecule has 2 rings (SSSR count). The van der Waals surface area contributed by atoms with Crippen molar-refractivity contribution in [3.05, 3.63) is 46.6 Å². The largest absolute Gasteiger partial charge is 0.444 e. The molecule has 0 N–H and O–H groups in total. The molecule has 0 unspecified atom stereocenters. The van der Waals surface area contributed by atoms with Crippen LogP contribution in [0.3, 0.4) is 0 Å². The highest BCUT2D eigenvalue weighted by atomic mass is 35.5. The van der Waals surface area contributed by atoms with Crippen molar-refractivity contribution in [1.82, 2.24) is 9.29 Å². The van der Waals surface area contributed by atoms with E-state index in [9.17, 15) is 21.6 Å². The van der Waals surface area contributed by atoms with Gasteiger partial charge in [0, 0.05) is 13.5 Å². The maximum atomic E-state index is 12.6. The quantitative estimate of drug-likeness (QED) is 0.790. The van der Waals surface area contributed by atoms with Crippen molar-refractivity contribution in [2.75, 3.05) is 7.05 Å². The van der Waals surface area contributed by atoms with E-state index in [1.54, 1.807) is 0 Å². The maximum absolute atomic E-state index is 12.6. The molecule has 0 amide bonds. The van der Waals surface area contributed by atoms with Gasteiger partial charge in [0.25, 0.3) is 0 Å². The van der Waals surface area contributed by atoms with Crippen LogP contribution < -0.4 is 0 Å². The van der Waals surface area contributed by atoms with E-state index in [4.69, 9.17) is 16.0 Å². The van der Waals surface area contributed by atoms with Crippen molar-refractivity contribution in [2.45, 2.75) is 31.0 Å². The Bertz CT molecular complexity index is 834. The Morgan fingerprint density at radius 1 is 1.33 bits per heavy atom. The molecule has 1 heterocycles. The van der Waals surface area contributed by atoms with Crippen LogP contribution in [0.25, 0.3) is 0 Å². The zero-order valence-corrected chi connectivity index (χ0v) is 14.3. The van der Waals surface area contributed by atoms with Crippen molar-refractivity contribution in [2.24, 2.45) is 0 Å². The monoisotopic (exact) mass is 382 g/mol. The molecule has 0 saturated carbocycles. The Kier molecular flexibility index (Phi) is 5.26. The second-order valence-corrected chi connectivity index (χ2v) is 7.40. The van der Waals surface area contributed by atoms with Crippen LogP contribution in [0.1, 0.15) is 24.1 Å². The fourth-order valence-corrected chi connectivity index (χ4v) is 3.55. The second kappa shape index (κ2) is 6.73. The number of rotatable bonds is 5. The van der Waals surface area contributed by atoms with Crippen LogP contribution in [-0.2, 0) is 29.2 Å². The Balaban J connectivity index is 2.29. The zero-order chi connectivity index (χ0) is 18.1. The van der Waals surface area contributed by atoms with Gasteiger partial charge in [-0.2, -0.15) is 17.5 Å². The van der Waals surface area contributed by atoms with E-state index < -0.39 is 31.7 Å². The van der Waals surface area contributed by atoms with Gasteiger partial charge in [-0.25, -0.2) is 13.4 Å². The van der Waals surface area contributed by atoms with Gasteiger partial charge in [0.15, 0.2) is 0 Å². The highest BCUT2D eigenvalue weighted by Gasteiger charge is 2.33. The first-order valence-corrected chi connectivity index (χ1v) is 8.64. The average Bonchev–Trinajstić information content (AvgIpc) is 2.93. The first-order chi connectivity index (χ1) is 11.1. The fourth-order valence-electron chi connectivity index (χ4n) is 1.91. The summed E-state index contributed by atoms with van der Waals surface area (Å²) < 4.78 is 69.1. The van der Waals surface area contributed by atoms with E-state index >= 15 is 0 Å². The summed E-state index contributed by atoms with van der Waals surface area (Å²) in [4.78, 5) is 3.53. The highest BCUT2D eigenvalue weighted by molar-refractivity contribution is 7.89. The Labute approximate surface area is 142 Å². The lowest BCUT2D eigenvalue weighted by atomic mass is 10.2. The first kappa shape index (κ1) is 18.8. The standard InChI is InChI=1S/C14H14ClF3N2O3S/c1-3-10-7-19-13(23-10)8-20(2)24(21,22)12-5-4-9(6-11(12)15)14(16,17)18/h4-7H,3,8H2,1-2H3. The van der Waals surface area contributed by atoms with Crippen molar-refractivity contribution in [3.8, 4) is 0 Å². The van der Waals surface area contributed by atoms with E-state index in [2.05, 4.69) is 4.98 Å². The van der Waals surface area contributed by atoms with E-state index in [1.165, 1.54) is 13.2 Å².